The maximum atomic E-state index is 13.0. The van der Waals surface area contributed by atoms with Crippen LogP contribution in [0.4, 0.5) is 5.69 Å². The van der Waals surface area contributed by atoms with Gasteiger partial charge in [0.05, 0.1) is 17.7 Å². The average Bonchev–Trinajstić information content (AvgIpc) is 2.75. The second kappa shape index (κ2) is 9.22. The van der Waals surface area contributed by atoms with E-state index in [1.165, 1.54) is 0 Å². The SMILES string of the molecule is COc1ccccc1CN(C)C(=O)c1ccc(C)c(NS(=O)(=O)c2ccc(C)cc2)c1. The van der Waals surface area contributed by atoms with Gasteiger partial charge in [0.15, 0.2) is 0 Å². The molecule has 0 aliphatic carbocycles. The van der Waals surface area contributed by atoms with E-state index in [0.717, 1.165) is 16.7 Å². The quantitative estimate of drug-likeness (QED) is 0.594. The van der Waals surface area contributed by atoms with E-state index in [0.29, 0.717) is 23.5 Å². The highest BCUT2D eigenvalue weighted by Crippen LogP contribution is 2.24. The van der Waals surface area contributed by atoms with E-state index in [-0.39, 0.29) is 10.8 Å². The predicted octanol–water partition coefficient (Wildman–Crippen LogP) is 4.39. The monoisotopic (exact) mass is 438 g/mol. The highest BCUT2D eigenvalue weighted by atomic mass is 32.2. The summed E-state index contributed by atoms with van der Waals surface area (Å²) in [6.07, 6.45) is 0. The molecular weight excluding hydrogens is 412 g/mol. The Balaban J connectivity index is 1.83. The van der Waals surface area contributed by atoms with Crippen molar-refractivity contribution in [3.05, 3.63) is 89.0 Å². The van der Waals surface area contributed by atoms with Crippen LogP contribution in [0.25, 0.3) is 0 Å². The summed E-state index contributed by atoms with van der Waals surface area (Å²) in [4.78, 5) is 14.7. The smallest absolute Gasteiger partial charge is 0.261 e. The van der Waals surface area contributed by atoms with Gasteiger partial charge in [0.1, 0.15) is 5.75 Å². The van der Waals surface area contributed by atoms with Crippen LogP contribution in [0.15, 0.2) is 71.6 Å². The van der Waals surface area contributed by atoms with Crippen LogP contribution in [-0.4, -0.2) is 33.4 Å². The van der Waals surface area contributed by atoms with Crippen LogP contribution in [0.1, 0.15) is 27.0 Å². The molecule has 3 rings (SSSR count). The molecule has 0 atom stereocenters. The Hall–Kier alpha value is -3.32. The van der Waals surface area contributed by atoms with Crippen molar-refractivity contribution in [2.24, 2.45) is 0 Å². The minimum absolute atomic E-state index is 0.169. The van der Waals surface area contributed by atoms with Crippen molar-refractivity contribution in [2.75, 3.05) is 18.9 Å². The fraction of sp³-hybridized carbons (Fsp3) is 0.208. The Labute approximate surface area is 183 Å². The van der Waals surface area contributed by atoms with E-state index in [2.05, 4.69) is 4.72 Å². The molecule has 0 aliphatic heterocycles. The first kappa shape index (κ1) is 22.4. The van der Waals surface area contributed by atoms with Gasteiger partial charge >= 0.3 is 0 Å². The van der Waals surface area contributed by atoms with Gasteiger partial charge in [-0.25, -0.2) is 8.42 Å². The molecule has 0 heterocycles. The van der Waals surface area contributed by atoms with Crippen LogP contribution in [0.2, 0.25) is 0 Å². The van der Waals surface area contributed by atoms with Crippen LogP contribution in [0.5, 0.6) is 5.75 Å². The van der Waals surface area contributed by atoms with Crippen LogP contribution in [-0.2, 0) is 16.6 Å². The van der Waals surface area contributed by atoms with E-state index < -0.39 is 10.0 Å². The molecule has 3 aromatic carbocycles. The van der Waals surface area contributed by atoms with E-state index in [9.17, 15) is 13.2 Å². The van der Waals surface area contributed by atoms with Gasteiger partial charge in [-0.05, 0) is 49.7 Å². The molecule has 0 fully saturated rings. The fourth-order valence-electron chi connectivity index (χ4n) is 3.17. The minimum Gasteiger partial charge on any atom is -0.496 e. The Morgan fingerprint density at radius 3 is 2.35 bits per heavy atom. The molecule has 0 aromatic heterocycles. The van der Waals surface area contributed by atoms with Gasteiger partial charge in [-0.3, -0.25) is 9.52 Å². The van der Waals surface area contributed by atoms with Crippen molar-refractivity contribution < 1.29 is 17.9 Å². The molecule has 0 aliphatic rings. The largest absolute Gasteiger partial charge is 0.496 e. The molecule has 0 unspecified atom stereocenters. The van der Waals surface area contributed by atoms with Gasteiger partial charge < -0.3 is 9.64 Å². The highest BCUT2D eigenvalue weighted by molar-refractivity contribution is 7.92. The summed E-state index contributed by atoms with van der Waals surface area (Å²) in [7, 11) is -0.475. The number of carbonyl (C=O) groups excluding carboxylic acids is 1. The number of rotatable bonds is 7. The van der Waals surface area contributed by atoms with Gasteiger partial charge in [-0.15, -0.1) is 0 Å². The first-order valence-electron chi connectivity index (χ1n) is 9.79. The Kier molecular flexibility index (Phi) is 6.65. The maximum Gasteiger partial charge on any atom is 0.261 e. The van der Waals surface area contributed by atoms with Crippen molar-refractivity contribution in [3.63, 3.8) is 0 Å². The number of sulfonamides is 1. The molecule has 0 bridgehead atoms. The number of para-hydroxylation sites is 1. The summed E-state index contributed by atoms with van der Waals surface area (Å²) >= 11 is 0. The van der Waals surface area contributed by atoms with Crippen LogP contribution < -0.4 is 9.46 Å². The lowest BCUT2D eigenvalue weighted by Crippen LogP contribution is -2.26. The summed E-state index contributed by atoms with van der Waals surface area (Å²) in [6.45, 7) is 4.05. The zero-order valence-corrected chi connectivity index (χ0v) is 18.9. The molecule has 0 spiro atoms. The number of hydrogen-bond acceptors (Lipinski definition) is 4. The van der Waals surface area contributed by atoms with Crippen LogP contribution in [0.3, 0.4) is 0 Å². The normalized spacial score (nSPS) is 11.1. The third-order valence-corrected chi connectivity index (χ3v) is 6.39. The van der Waals surface area contributed by atoms with E-state index in [4.69, 9.17) is 4.74 Å². The predicted molar refractivity (Wildman–Crippen MR) is 122 cm³/mol. The Bertz CT molecular complexity index is 1190. The molecule has 162 valence electrons. The summed E-state index contributed by atoms with van der Waals surface area (Å²) in [5, 5.41) is 0. The number of methoxy groups -OCH3 is 1. The lowest BCUT2D eigenvalue weighted by Gasteiger charge is -2.20. The second-order valence-electron chi connectivity index (χ2n) is 7.42. The van der Waals surface area contributed by atoms with Gasteiger partial charge in [0.2, 0.25) is 0 Å². The third kappa shape index (κ3) is 5.24. The minimum atomic E-state index is -3.76. The van der Waals surface area contributed by atoms with Crippen LogP contribution in [0, 0.1) is 13.8 Å². The highest BCUT2D eigenvalue weighted by Gasteiger charge is 2.18. The van der Waals surface area contributed by atoms with Crippen molar-refractivity contribution >= 4 is 21.6 Å². The number of nitrogens with zero attached hydrogens (tertiary/aromatic N) is 1. The molecule has 1 N–H and O–H groups in total. The van der Waals surface area contributed by atoms with Crippen molar-refractivity contribution in [1.29, 1.82) is 0 Å². The first-order chi connectivity index (χ1) is 14.7. The number of carbonyl (C=O) groups is 1. The number of anilines is 1. The fourth-order valence-corrected chi connectivity index (χ4v) is 4.29. The van der Waals surface area contributed by atoms with E-state index in [1.807, 2.05) is 31.2 Å². The number of hydrogen-bond donors (Lipinski definition) is 1. The first-order valence-corrected chi connectivity index (χ1v) is 11.3. The van der Waals surface area contributed by atoms with Crippen molar-refractivity contribution in [1.82, 2.24) is 4.90 Å². The number of benzene rings is 3. The lowest BCUT2D eigenvalue weighted by atomic mass is 10.1. The number of amides is 1. The number of nitrogens with one attached hydrogen (secondary N) is 1. The van der Waals surface area contributed by atoms with E-state index >= 15 is 0 Å². The summed E-state index contributed by atoms with van der Waals surface area (Å²) in [5.74, 6) is 0.485. The Morgan fingerprint density at radius 2 is 1.68 bits per heavy atom. The summed E-state index contributed by atoms with van der Waals surface area (Å²) in [6, 6.07) is 19.1. The third-order valence-electron chi connectivity index (χ3n) is 5.01. The standard InChI is InChI=1S/C24H26N2O4S/c1-17-9-13-21(14-10-17)31(28,29)25-22-15-19(12-11-18(22)2)24(27)26(3)16-20-7-5-6-8-23(20)30-4/h5-15,25H,16H2,1-4H3. The second-order valence-corrected chi connectivity index (χ2v) is 9.10. The molecule has 1 amide bonds. The molecule has 7 heteroatoms. The molecule has 31 heavy (non-hydrogen) atoms. The van der Waals surface area contributed by atoms with E-state index in [1.54, 1.807) is 68.4 Å². The zero-order chi connectivity index (χ0) is 22.6. The molecule has 0 saturated heterocycles. The van der Waals surface area contributed by atoms with Crippen LogP contribution >= 0.6 is 0 Å². The van der Waals surface area contributed by atoms with Gasteiger partial charge in [0.25, 0.3) is 15.9 Å². The zero-order valence-electron chi connectivity index (χ0n) is 18.0. The summed E-state index contributed by atoms with van der Waals surface area (Å²) in [5.41, 5.74) is 3.34. The van der Waals surface area contributed by atoms with Gasteiger partial charge in [0, 0.05) is 24.7 Å². The average molecular weight is 439 g/mol. The Morgan fingerprint density at radius 1 is 1.00 bits per heavy atom. The molecule has 3 aromatic rings. The van der Waals surface area contributed by atoms with Gasteiger partial charge in [-0.2, -0.15) is 0 Å². The van der Waals surface area contributed by atoms with Gasteiger partial charge in [-0.1, -0.05) is 42.0 Å². The topological polar surface area (TPSA) is 75.7 Å². The van der Waals surface area contributed by atoms with Crippen molar-refractivity contribution in [3.8, 4) is 5.75 Å². The molecule has 6 nitrogen and oxygen atoms in total. The maximum absolute atomic E-state index is 13.0. The van der Waals surface area contributed by atoms with Crippen molar-refractivity contribution in [2.45, 2.75) is 25.3 Å². The lowest BCUT2D eigenvalue weighted by molar-refractivity contribution is 0.0784. The molecule has 0 saturated carbocycles. The number of aryl methyl sites for hydroxylation is 2. The summed E-state index contributed by atoms with van der Waals surface area (Å²) < 4.78 is 33.5. The molecule has 0 radical (unpaired) electrons. The molecular formula is C24H26N2O4S. The number of ether oxygens (including phenoxy) is 1.